The molecule has 3 atom stereocenters. The second-order valence-electron chi connectivity index (χ2n) is 8.69. The maximum Gasteiger partial charge on any atom is 0.391 e. The summed E-state index contributed by atoms with van der Waals surface area (Å²) in [5, 5.41) is 5.59. The predicted molar refractivity (Wildman–Crippen MR) is 115 cm³/mol. The number of anilines is 2. The summed E-state index contributed by atoms with van der Waals surface area (Å²) in [4.78, 5) is 27.8. The van der Waals surface area contributed by atoms with Crippen molar-refractivity contribution in [2.75, 3.05) is 23.3 Å². The van der Waals surface area contributed by atoms with Crippen molar-refractivity contribution in [3.05, 3.63) is 24.3 Å². The van der Waals surface area contributed by atoms with E-state index >= 15 is 0 Å². The molecule has 1 saturated heterocycles. The van der Waals surface area contributed by atoms with Crippen LogP contribution in [0.3, 0.4) is 0 Å². The first-order valence-corrected chi connectivity index (χ1v) is 11.3. The van der Waals surface area contributed by atoms with Crippen LogP contribution in [0.25, 0.3) is 0 Å². The van der Waals surface area contributed by atoms with Crippen LogP contribution in [0.5, 0.6) is 0 Å². The molecule has 5 nitrogen and oxygen atoms in total. The first-order valence-electron chi connectivity index (χ1n) is 11.3. The Hall–Kier alpha value is -2.25. The molecule has 3 rings (SSSR count). The SMILES string of the molecule is CCCC(NC(=O)C1CCCC(C(F)(F)F)C1)C(=O)Nc1cccc(N2CCCC2)c1. The fraction of sp³-hybridized carbons (Fsp3) is 0.652. The molecule has 0 radical (unpaired) electrons. The third-order valence-corrected chi connectivity index (χ3v) is 6.30. The number of hydrogen-bond donors (Lipinski definition) is 2. The normalized spacial score (nSPS) is 22.8. The first kappa shape index (κ1) is 23.4. The monoisotopic (exact) mass is 439 g/mol. The van der Waals surface area contributed by atoms with Gasteiger partial charge in [-0.15, -0.1) is 0 Å². The molecule has 1 aromatic rings. The van der Waals surface area contributed by atoms with Crippen LogP contribution in [0.1, 0.15) is 58.3 Å². The second kappa shape index (κ2) is 10.4. The summed E-state index contributed by atoms with van der Waals surface area (Å²) in [6.45, 7) is 3.89. The van der Waals surface area contributed by atoms with Gasteiger partial charge in [0.05, 0.1) is 5.92 Å². The molecule has 1 heterocycles. The molecule has 0 spiro atoms. The van der Waals surface area contributed by atoms with Gasteiger partial charge in [-0.2, -0.15) is 13.2 Å². The van der Waals surface area contributed by atoms with Crippen molar-refractivity contribution in [2.24, 2.45) is 11.8 Å². The van der Waals surface area contributed by atoms with E-state index in [1.165, 1.54) is 0 Å². The largest absolute Gasteiger partial charge is 0.391 e. The van der Waals surface area contributed by atoms with E-state index < -0.39 is 30.0 Å². The number of nitrogens with one attached hydrogen (secondary N) is 2. The molecular formula is C23H32F3N3O2. The van der Waals surface area contributed by atoms with Crippen LogP contribution in [0.15, 0.2) is 24.3 Å². The third kappa shape index (κ3) is 6.37. The van der Waals surface area contributed by atoms with Gasteiger partial charge in [-0.25, -0.2) is 0 Å². The Morgan fingerprint density at radius 3 is 2.58 bits per heavy atom. The average Bonchev–Trinajstić information content (AvgIpc) is 3.28. The van der Waals surface area contributed by atoms with Gasteiger partial charge in [0.25, 0.3) is 0 Å². The molecule has 2 aliphatic rings. The summed E-state index contributed by atoms with van der Waals surface area (Å²) in [5.74, 6) is -2.93. The molecule has 2 N–H and O–H groups in total. The van der Waals surface area contributed by atoms with Gasteiger partial charge in [0, 0.05) is 30.4 Å². The zero-order valence-corrected chi connectivity index (χ0v) is 18.0. The number of carbonyl (C=O) groups excluding carboxylic acids is 2. The van der Waals surface area contributed by atoms with Crippen molar-refractivity contribution in [3.8, 4) is 0 Å². The van der Waals surface area contributed by atoms with Gasteiger partial charge >= 0.3 is 6.18 Å². The molecule has 172 valence electrons. The number of hydrogen-bond acceptors (Lipinski definition) is 3. The van der Waals surface area contributed by atoms with Gasteiger partial charge in [-0.3, -0.25) is 9.59 Å². The van der Waals surface area contributed by atoms with Crippen LogP contribution in [-0.4, -0.2) is 37.1 Å². The van der Waals surface area contributed by atoms with Crippen LogP contribution in [0.4, 0.5) is 24.5 Å². The van der Waals surface area contributed by atoms with E-state index in [2.05, 4.69) is 15.5 Å². The number of halogens is 3. The standard InChI is InChI=1S/C23H32F3N3O2/c1-2-7-20(28-21(30)16-8-5-9-17(14-16)23(24,25)26)22(31)27-18-10-6-11-19(15-18)29-12-3-4-13-29/h6,10-11,15-17,20H,2-5,7-9,12-14H2,1H3,(H,27,31)(H,28,30). The highest BCUT2D eigenvalue weighted by Crippen LogP contribution is 2.40. The molecule has 8 heteroatoms. The van der Waals surface area contributed by atoms with Crippen LogP contribution < -0.4 is 15.5 Å². The molecule has 0 aromatic heterocycles. The molecule has 2 fully saturated rings. The number of rotatable bonds is 7. The van der Waals surface area contributed by atoms with Crippen LogP contribution in [0, 0.1) is 11.8 Å². The minimum absolute atomic E-state index is 0.0690. The third-order valence-electron chi connectivity index (χ3n) is 6.30. The highest BCUT2D eigenvalue weighted by molar-refractivity contribution is 5.97. The minimum atomic E-state index is -4.28. The molecule has 1 aliphatic carbocycles. The van der Waals surface area contributed by atoms with E-state index in [0.717, 1.165) is 31.6 Å². The van der Waals surface area contributed by atoms with E-state index in [-0.39, 0.29) is 18.7 Å². The van der Waals surface area contributed by atoms with E-state index in [1.807, 2.05) is 25.1 Å². The van der Waals surface area contributed by atoms with E-state index in [4.69, 9.17) is 0 Å². The quantitative estimate of drug-likeness (QED) is 0.637. The van der Waals surface area contributed by atoms with E-state index in [9.17, 15) is 22.8 Å². The minimum Gasteiger partial charge on any atom is -0.371 e. The van der Waals surface area contributed by atoms with Gasteiger partial charge in [-0.1, -0.05) is 25.8 Å². The van der Waals surface area contributed by atoms with Crippen LogP contribution in [0.2, 0.25) is 0 Å². The van der Waals surface area contributed by atoms with Crippen molar-refractivity contribution >= 4 is 23.2 Å². The summed E-state index contributed by atoms with van der Waals surface area (Å²) in [5.41, 5.74) is 1.70. The highest BCUT2D eigenvalue weighted by atomic mass is 19.4. The number of carbonyl (C=O) groups is 2. The van der Waals surface area contributed by atoms with Gasteiger partial charge in [0.1, 0.15) is 6.04 Å². The fourth-order valence-electron chi connectivity index (χ4n) is 4.56. The Bertz CT molecular complexity index is 763. The topological polar surface area (TPSA) is 61.4 Å². The summed E-state index contributed by atoms with van der Waals surface area (Å²) < 4.78 is 39.2. The predicted octanol–water partition coefficient (Wildman–Crippen LogP) is 4.88. The maximum absolute atomic E-state index is 13.1. The second-order valence-corrected chi connectivity index (χ2v) is 8.69. The Kier molecular flexibility index (Phi) is 7.84. The van der Waals surface area contributed by atoms with Crippen molar-refractivity contribution in [2.45, 2.75) is 70.5 Å². The lowest BCUT2D eigenvalue weighted by Crippen LogP contribution is -2.47. The van der Waals surface area contributed by atoms with Gasteiger partial charge < -0.3 is 15.5 Å². The Morgan fingerprint density at radius 2 is 1.90 bits per heavy atom. The Balaban J connectivity index is 1.61. The lowest BCUT2D eigenvalue weighted by molar-refractivity contribution is -0.186. The van der Waals surface area contributed by atoms with E-state index in [0.29, 0.717) is 31.4 Å². The van der Waals surface area contributed by atoms with E-state index in [1.54, 1.807) is 6.07 Å². The van der Waals surface area contributed by atoms with Crippen molar-refractivity contribution in [3.63, 3.8) is 0 Å². The Morgan fingerprint density at radius 1 is 1.16 bits per heavy atom. The lowest BCUT2D eigenvalue weighted by atomic mass is 9.80. The smallest absolute Gasteiger partial charge is 0.371 e. The van der Waals surface area contributed by atoms with Gasteiger partial charge in [-0.05, 0) is 56.7 Å². The van der Waals surface area contributed by atoms with Crippen LogP contribution >= 0.6 is 0 Å². The summed E-state index contributed by atoms with van der Waals surface area (Å²) in [6, 6.07) is 6.85. The van der Waals surface area contributed by atoms with Crippen LogP contribution in [-0.2, 0) is 9.59 Å². The molecular weight excluding hydrogens is 407 g/mol. The van der Waals surface area contributed by atoms with Gasteiger partial charge in [0.15, 0.2) is 0 Å². The zero-order chi connectivity index (χ0) is 22.4. The fourth-order valence-corrected chi connectivity index (χ4v) is 4.56. The highest BCUT2D eigenvalue weighted by Gasteiger charge is 2.43. The maximum atomic E-state index is 13.1. The Labute approximate surface area is 181 Å². The van der Waals surface area contributed by atoms with Crippen molar-refractivity contribution in [1.29, 1.82) is 0 Å². The summed E-state index contributed by atoms with van der Waals surface area (Å²) in [7, 11) is 0. The number of alkyl halides is 3. The number of benzene rings is 1. The number of amides is 2. The van der Waals surface area contributed by atoms with Gasteiger partial charge in [0.2, 0.25) is 11.8 Å². The zero-order valence-electron chi connectivity index (χ0n) is 18.0. The molecule has 1 aromatic carbocycles. The first-order chi connectivity index (χ1) is 14.8. The molecule has 3 unspecified atom stereocenters. The summed E-state index contributed by atoms with van der Waals surface area (Å²) in [6.07, 6.45) is -0.213. The summed E-state index contributed by atoms with van der Waals surface area (Å²) >= 11 is 0. The molecule has 1 saturated carbocycles. The van der Waals surface area contributed by atoms with Crippen molar-refractivity contribution in [1.82, 2.24) is 5.32 Å². The number of nitrogens with zero attached hydrogens (tertiary/aromatic N) is 1. The van der Waals surface area contributed by atoms with Crippen molar-refractivity contribution < 1.29 is 22.8 Å². The lowest BCUT2D eigenvalue weighted by Gasteiger charge is -2.30. The molecule has 1 aliphatic heterocycles. The molecule has 2 amide bonds. The molecule has 0 bridgehead atoms. The average molecular weight is 440 g/mol. The molecule has 31 heavy (non-hydrogen) atoms.